The molecule has 0 saturated carbocycles. The number of hydrogen-bond donors (Lipinski definition) is 2. The Morgan fingerprint density at radius 2 is 1.79 bits per heavy atom. The molecule has 0 aliphatic carbocycles. The third kappa shape index (κ3) is 6.39. The third-order valence-electron chi connectivity index (χ3n) is 4.01. The van der Waals surface area contributed by atoms with Gasteiger partial charge in [-0.25, -0.2) is 0 Å². The minimum atomic E-state index is 0.491. The van der Waals surface area contributed by atoms with E-state index in [1.165, 1.54) is 0 Å². The molecule has 1 heterocycles. The fourth-order valence-electron chi connectivity index (χ4n) is 2.44. The summed E-state index contributed by atoms with van der Waals surface area (Å²) in [7, 11) is 0. The van der Waals surface area contributed by atoms with Gasteiger partial charge in [0.15, 0.2) is 5.82 Å². The van der Waals surface area contributed by atoms with Crippen LogP contribution in [0.15, 0.2) is 54.7 Å². The summed E-state index contributed by atoms with van der Waals surface area (Å²) in [5, 5.41) is 15.1. The van der Waals surface area contributed by atoms with Crippen LogP contribution in [-0.4, -0.2) is 21.7 Å². The first-order valence-electron chi connectivity index (χ1n) is 9.26. The van der Waals surface area contributed by atoms with E-state index in [9.17, 15) is 0 Å². The van der Waals surface area contributed by atoms with E-state index in [0.29, 0.717) is 24.3 Å². The van der Waals surface area contributed by atoms with Crippen LogP contribution in [-0.2, 0) is 6.61 Å². The molecular formula is C21H24ClN5O. The molecule has 1 aromatic heterocycles. The van der Waals surface area contributed by atoms with E-state index < -0.39 is 0 Å². The van der Waals surface area contributed by atoms with Crippen LogP contribution >= 0.6 is 11.6 Å². The van der Waals surface area contributed by atoms with Gasteiger partial charge in [-0.3, -0.25) is 0 Å². The Labute approximate surface area is 170 Å². The van der Waals surface area contributed by atoms with Crippen LogP contribution < -0.4 is 15.4 Å². The van der Waals surface area contributed by atoms with Crippen LogP contribution in [0.2, 0.25) is 5.02 Å². The van der Waals surface area contributed by atoms with E-state index >= 15 is 0 Å². The molecular weight excluding hydrogens is 374 g/mol. The van der Waals surface area contributed by atoms with Crippen LogP contribution in [0, 0.1) is 5.92 Å². The molecule has 2 N–H and O–H groups in total. The number of anilines is 3. The van der Waals surface area contributed by atoms with E-state index in [1.54, 1.807) is 6.20 Å². The number of aromatic nitrogens is 3. The lowest BCUT2D eigenvalue weighted by molar-refractivity contribution is 0.306. The summed E-state index contributed by atoms with van der Waals surface area (Å²) < 4.78 is 5.80. The molecule has 0 spiro atoms. The Morgan fingerprint density at radius 1 is 1.04 bits per heavy atom. The highest BCUT2D eigenvalue weighted by atomic mass is 35.5. The average Bonchev–Trinajstić information content (AvgIpc) is 2.69. The number of hydrogen-bond acceptors (Lipinski definition) is 6. The zero-order valence-corrected chi connectivity index (χ0v) is 16.8. The van der Waals surface area contributed by atoms with Crippen LogP contribution in [0.3, 0.4) is 0 Å². The molecule has 0 atom stereocenters. The van der Waals surface area contributed by atoms with Gasteiger partial charge in [0.1, 0.15) is 12.4 Å². The summed E-state index contributed by atoms with van der Waals surface area (Å²) in [4.78, 5) is 4.43. The first-order valence-corrected chi connectivity index (χ1v) is 9.64. The van der Waals surface area contributed by atoms with Crippen molar-refractivity contribution in [1.29, 1.82) is 0 Å². The number of rotatable bonds is 9. The molecule has 0 saturated heterocycles. The predicted octanol–water partition coefficient (Wildman–Crippen LogP) is 5.31. The standard InChI is InChI=1S/C21H24ClN5O/c1-15(2)11-12-23-21-26-20(13-24-27-21)25-18-7-9-19(10-8-18)28-14-16-3-5-17(22)6-4-16/h3-10,13,15H,11-12,14H2,1-2H3,(H2,23,25,26,27). The van der Waals surface area contributed by atoms with Crippen molar-refractivity contribution in [1.82, 2.24) is 15.2 Å². The lowest BCUT2D eigenvalue weighted by Gasteiger charge is -2.10. The van der Waals surface area contributed by atoms with Crippen molar-refractivity contribution in [2.24, 2.45) is 5.92 Å². The first-order chi connectivity index (χ1) is 13.6. The van der Waals surface area contributed by atoms with Crippen molar-refractivity contribution in [3.63, 3.8) is 0 Å². The maximum atomic E-state index is 5.89. The Hall–Kier alpha value is -2.86. The van der Waals surface area contributed by atoms with Gasteiger partial charge in [-0.2, -0.15) is 10.1 Å². The van der Waals surface area contributed by atoms with Crippen molar-refractivity contribution in [3.05, 3.63) is 65.3 Å². The van der Waals surface area contributed by atoms with E-state index in [-0.39, 0.29) is 0 Å². The van der Waals surface area contributed by atoms with Gasteiger partial charge in [0.2, 0.25) is 5.95 Å². The summed E-state index contributed by atoms with van der Waals surface area (Å²) in [6.07, 6.45) is 2.65. The zero-order chi connectivity index (χ0) is 19.8. The highest BCUT2D eigenvalue weighted by molar-refractivity contribution is 6.30. The molecule has 6 nitrogen and oxygen atoms in total. The zero-order valence-electron chi connectivity index (χ0n) is 16.0. The van der Waals surface area contributed by atoms with Gasteiger partial charge in [-0.05, 0) is 54.3 Å². The molecule has 0 bridgehead atoms. The molecule has 0 amide bonds. The fraction of sp³-hybridized carbons (Fsp3) is 0.286. The summed E-state index contributed by atoms with van der Waals surface area (Å²) in [6, 6.07) is 15.3. The lowest BCUT2D eigenvalue weighted by Crippen LogP contribution is -2.09. The number of nitrogens with one attached hydrogen (secondary N) is 2. The van der Waals surface area contributed by atoms with Crippen molar-refractivity contribution in [3.8, 4) is 5.75 Å². The Morgan fingerprint density at radius 3 is 2.50 bits per heavy atom. The summed E-state index contributed by atoms with van der Waals surface area (Å²) in [6.45, 7) is 5.68. The molecule has 0 aliphatic heterocycles. The first kappa shape index (κ1) is 19.9. The van der Waals surface area contributed by atoms with E-state index in [2.05, 4.69) is 39.7 Å². The Kier molecular flexibility index (Phi) is 7.03. The maximum absolute atomic E-state index is 5.89. The number of ether oxygens (including phenoxy) is 1. The van der Waals surface area contributed by atoms with Gasteiger partial charge in [-0.1, -0.05) is 37.6 Å². The molecule has 0 fully saturated rings. The van der Waals surface area contributed by atoms with Crippen molar-refractivity contribution in [2.45, 2.75) is 26.9 Å². The fourth-order valence-corrected chi connectivity index (χ4v) is 2.57. The topological polar surface area (TPSA) is 72.0 Å². The highest BCUT2D eigenvalue weighted by Crippen LogP contribution is 2.20. The quantitative estimate of drug-likeness (QED) is 0.510. The molecule has 7 heteroatoms. The van der Waals surface area contributed by atoms with Crippen LogP contribution in [0.25, 0.3) is 0 Å². The molecule has 146 valence electrons. The molecule has 0 unspecified atom stereocenters. The van der Waals surface area contributed by atoms with Gasteiger partial charge in [0, 0.05) is 17.3 Å². The number of nitrogens with zero attached hydrogens (tertiary/aromatic N) is 3. The largest absolute Gasteiger partial charge is 0.489 e. The molecule has 0 radical (unpaired) electrons. The molecule has 28 heavy (non-hydrogen) atoms. The predicted molar refractivity (Wildman–Crippen MR) is 113 cm³/mol. The molecule has 3 aromatic rings. The summed E-state index contributed by atoms with van der Waals surface area (Å²) >= 11 is 5.89. The van der Waals surface area contributed by atoms with Gasteiger partial charge in [0.05, 0.1) is 6.20 Å². The van der Waals surface area contributed by atoms with Crippen LogP contribution in [0.5, 0.6) is 5.75 Å². The van der Waals surface area contributed by atoms with Crippen molar-refractivity contribution >= 4 is 29.1 Å². The number of halogens is 1. The van der Waals surface area contributed by atoms with Gasteiger partial charge >= 0.3 is 0 Å². The SMILES string of the molecule is CC(C)CCNc1nncc(Nc2ccc(OCc3ccc(Cl)cc3)cc2)n1. The minimum absolute atomic E-state index is 0.491. The van der Waals surface area contributed by atoms with Crippen molar-refractivity contribution in [2.75, 3.05) is 17.2 Å². The minimum Gasteiger partial charge on any atom is -0.489 e. The molecule has 2 aromatic carbocycles. The van der Waals surface area contributed by atoms with E-state index in [1.807, 2.05) is 48.5 Å². The average molecular weight is 398 g/mol. The normalized spacial score (nSPS) is 10.7. The summed E-state index contributed by atoms with van der Waals surface area (Å²) in [5.41, 5.74) is 1.96. The molecule has 3 rings (SSSR count). The van der Waals surface area contributed by atoms with Crippen molar-refractivity contribution < 1.29 is 4.74 Å². The highest BCUT2D eigenvalue weighted by Gasteiger charge is 2.03. The van der Waals surface area contributed by atoms with E-state index in [0.717, 1.165) is 35.0 Å². The Balaban J connectivity index is 1.53. The van der Waals surface area contributed by atoms with E-state index in [4.69, 9.17) is 16.3 Å². The summed E-state index contributed by atoms with van der Waals surface area (Å²) in [5.74, 6) is 2.57. The monoisotopic (exact) mass is 397 g/mol. The van der Waals surface area contributed by atoms with Gasteiger partial charge < -0.3 is 15.4 Å². The van der Waals surface area contributed by atoms with Gasteiger partial charge in [-0.15, -0.1) is 5.10 Å². The second-order valence-electron chi connectivity index (χ2n) is 6.84. The lowest BCUT2D eigenvalue weighted by atomic mass is 10.1. The van der Waals surface area contributed by atoms with Crippen LogP contribution in [0.4, 0.5) is 17.5 Å². The smallest absolute Gasteiger partial charge is 0.244 e. The van der Waals surface area contributed by atoms with Gasteiger partial charge in [0.25, 0.3) is 0 Å². The second-order valence-corrected chi connectivity index (χ2v) is 7.28. The van der Waals surface area contributed by atoms with Crippen LogP contribution in [0.1, 0.15) is 25.8 Å². The Bertz CT molecular complexity index is 869. The maximum Gasteiger partial charge on any atom is 0.244 e. The third-order valence-corrected chi connectivity index (χ3v) is 4.26. The molecule has 0 aliphatic rings. The second kappa shape index (κ2) is 9.90. The number of benzene rings is 2.